The van der Waals surface area contributed by atoms with Crippen LogP contribution in [0.4, 0.5) is 4.79 Å². The highest BCUT2D eigenvalue weighted by atomic mass is 16.6. The molecule has 2 aromatic rings. The summed E-state index contributed by atoms with van der Waals surface area (Å²) in [5.74, 6) is 1.46. The lowest BCUT2D eigenvalue weighted by Crippen LogP contribution is -2.42. The van der Waals surface area contributed by atoms with E-state index in [-0.39, 0.29) is 12.0 Å². The molecule has 8 heteroatoms. The van der Waals surface area contributed by atoms with Gasteiger partial charge in [-0.25, -0.2) is 9.78 Å². The minimum Gasteiger partial charge on any atom is -0.444 e. The Labute approximate surface area is 178 Å². The number of guanidine groups is 1. The van der Waals surface area contributed by atoms with Crippen LogP contribution in [-0.4, -0.2) is 54.7 Å². The standard InChI is InChI=1S/C22H33N5O3/c1-16(14-27(6)21(28)30-22(2,3)4)12-24-20(23-5)25-13-18-15-29-19(26-18)17-10-8-7-9-11-17/h7-11,15-16H,12-14H2,1-6H3,(H2,23,24,25). The van der Waals surface area contributed by atoms with Crippen molar-refractivity contribution < 1.29 is 13.9 Å². The molecule has 1 heterocycles. The van der Waals surface area contributed by atoms with Gasteiger partial charge in [0.1, 0.15) is 11.9 Å². The third kappa shape index (κ3) is 7.77. The fourth-order valence-electron chi connectivity index (χ4n) is 2.71. The Hall–Kier alpha value is -3.03. The van der Waals surface area contributed by atoms with Crippen LogP contribution in [0, 0.1) is 5.92 Å². The average molecular weight is 416 g/mol. The average Bonchev–Trinajstić information content (AvgIpc) is 3.16. The highest BCUT2D eigenvalue weighted by molar-refractivity contribution is 5.79. The number of hydrogen-bond donors (Lipinski definition) is 2. The van der Waals surface area contributed by atoms with Crippen molar-refractivity contribution in [2.24, 2.45) is 10.9 Å². The van der Waals surface area contributed by atoms with Crippen molar-refractivity contribution in [3.63, 3.8) is 0 Å². The first-order chi connectivity index (χ1) is 14.2. The van der Waals surface area contributed by atoms with Gasteiger partial charge in [0.25, 0.3) is 0 Å². The summed E-state index contributed by atoms with van der Waals surface area (Å²) < 4.78 is 10.9. The number of carbonyl (C=O) groups excluding carboxylic acids is 1. The van der Waals surface area contributed by atoms with Crippen LogP contribution in [0.2, 0.25) is 0 Å². The molecule has 0 saturated heterocycles. The molecule has 2 N–H and O–H groups in total. The fourth-order valence-corrected chi connectivity index (χ4v) is 2.71. The molecule has 1 atom stereocenters. The van der Waals surface area contributed by atoms with Crippen LogP contribution in [0.1, 0.15) is 33.4 Å². The second-order valence-electron chi connectivity index (χ2n) is 8.28. The first kappa shape index (κ1) is 23.3. The normalized spacial score (nSPS) is 12.9. The summed E-state index contributed by atoms with van der Waals surface area (Å²) in [7, 11) is 3.46. The number of hydrogen-bond acceptors (Lipinski definition) is 5. The number of benzene rings is 1. The maximum atomic E-state index is 12.1. The van der Waals surface area contributed by atoms with Gasteiger partial charge in [-0.3, -0.25) is 4.99 Å². The van der Waals surface area contributed by atoms with Crippen LogP contribution >= 0.6 is 0 Å². The molecule has 0 spiro atoms. The lowest BCUT2D eigenvalue weighted by atomic mass is 10.1. The number of amides is 1. The number of oxazole rings is 1. The van der Waals surface area contributed by atoms with E-state index in [1.807, 2.05) is 51.1 Å². The summed E-state index contributed by atoms with van der Waals surface area (Å²) in [6, 6.07) is 9.77. The van der Waals surface area contributed by atoms with Gasteiger partial charge in [-0.15, -0.1) is 0 Å². The maximum absolute atomic E-state index is 12.1. The highest BCUT2D eigenvalue weighted by Gasteiger charge is 2.20. The summed E-state index contributed by atoms with van der Waals surface area (Å²) >= 11 is 0. The summed E-state index contributed by atoms with van der Waals surface area (Å²) in [6.45, 7) is 9.35. The predicted octanol–water partition coefficient (Wildman–Crippen LogP) is 3.51. The van der Waals surface area contributed by atoms with Crippen molar-refractivity contribution in [1.29, 1.82) is 0 Å². The summed E-state index contributed by atoms with van der Waals surface area (Å²) in [4.78, 5) is 22.4. The molecule has 2 rings (SSSR count). The molecular weight excluding hydrogens is 382 g/mol. The van der Waals surface area contributed by atoms with E-state index in [1.54, 1.807) is 25.3 Å². The van der Waals surface area contributed by atoms with Gasteiger partial charge in [0.15, 0.2) is 5.96 Å². The summed E-state index contributed by atoms with van der Waals surface area (Å²) in [5, 5.41) is 6.50. The molecular formula is C22H33N5O3. The Morgan fingerprint density at radius 2 is 1.97 bits per heavy atom. The summed E-state index contributed by atoms with van der Waals surface area (Å²) in [6.07, 6.45) is 1.32. The van der Waals surface area contributed by atoms with Gasteiger partial charge >= 0.3 is 6.09 Å². The number of nitrogens with zero attached hydrogens (tertiary/aromatic N) is 3. The van der Waals surface area contributed by atoms with E-state index in [0.29, 0.717) is 31.5 Å². The molecule has 1 amide bonds. The van der Waals surface area contributed by atoms with E-state index in [2.05, 4.69) is 27.5 Å². The largest absolute Gasteiger partial charge is 0.444 e. The zero-order valence-corrected chi connectivity index (χ0v) is 18.7. The first-order valence-electron chi connectivity index (χ1n) is 10.1. The zero-order chi connectivity index (χ0) is 22.1. The number of ether oxygens (including phenoxy) is 1. The van der Waals surface area contributed by atoms with Gasteiger partial charge in [0.2, 0.25) is 5.89 Å². The molecule has 0 bridgehead atoms. The van der Waals surface area contributed by atoms with Crippen molar-refractivity contribution in [2.45, 2.75) is 39.8 Å². The Bertz CT molecular complexity index is 827. The first-order valence-corrected chi connectivity index (χ1v) is 10.1. The lowest BCUT2D eigenvalue weighted by Gasteiger charge is -2.26. The van der Waals surface area contributed by atoms with Crippen LogP contribution in [-0.2, 0) is 11.3 Å². The fraction of sp³-hybridized carbons (Fsp3) is 0.500. The molecule has 164 valence electrons. The zero-order valence-electron chi connectivity index (χ0n) is 18.7. The van der Waals surface area contributed by atoms with Gasteiger partial charge < -0.3 is 24.7 Å². The Balaban J connectivity index is 1.77. The van der Waals surface area contributed by atoms with Gasteiger partial charge in [-0.05, 0) is 38.8 Å². The van der Waals surface area contributed by atoms with Gasteiger partial charge in [0, 0.05) is 32.7 Å². The maximum Gasteiger partial charge on any atom is 0.410 e. The third-order valence-corrected chi connectivity index (χ3v) is 4.14. The molecule has 1 unspecified atom stereocenters. The highest BCUT2D eigenvalue weighted by Crippen LogP contribution is 2.17. The van der Waals surface area contributed by atoms with Crippen molar-refractivity contribution in [3.8, 4) is 11.5 Å². The van der Waals surface area contributed by atoms with Crippen molar-refractivity contribution in [3.05, 3.63) is 42.3 Å². The number of rotatable bonds is 7. The van der Waals surface area contributed by atoms with Crippen molar-refractivity contribution in [2.75, 3.05) is 27.2 Å². The molecule has 0 saturated carbocycles. The molecule has 0 radical (unpaired) electrons. The van der Waals surface area contributed by atoms with Crippen molar-refractivity contribution in [1.82, 2.24) is 20.5 Å². The number of aliphatic imine (C=N–C) groups is 1. The van der Waals surface area contributed by atoms with E-state index in [0.717, 1.165) is 11.3 Å². The smallest absolute Gasteiger partial charge is 0.410 e. The molecule has 0 aliphatic rings. The van der Waals surface area contributed by atoms with Crippen molar-refractivity contribution >= 4 is 12.1 Å². The van der Waals surface area contributed by atoms with E-state index < -0.39 is 5.60 Å². The van der Waals surface area contributed by atoms with Crippen LogP contribution in [0.3, 0.4) is 0 Å². The SMILES string of the molecule is CN=C(NCc1coc(-c2ccccc2)n1)NCC(C)CN(C)C(=O)OC(C)(C)C. The second kappa shape index (κ2) is 10.7. The third-order valence-electron chi connectivity index (χ3n) is 4.14. The minimum atomic E-state index is -0.500. The van der Waals surface area contributed by atoms with Gasteiger partial charge in [0.05, 0.1) is 12.2 Å². The van der Waals surface area contributed by atoms with Crippen LogP contribution in [0.5, 0.6) is 0 Å². The summed E-state index contributed by atoms with van der Waals surface area (Å²) in [5.41, 5.74) is 1.23. The molecule has 8 nitrogen and oxygen atoms in total. The van der Waals surface area contributed by atoms with Crippen LogP contribution in [0.15, 0.2) is 46.0 Å². The van der Waals surface area contributed by atoms with E-state index in [4.69, 9.17) is 9.15 Å². The topological polar surface area (TPSA) is 92.0 Å². The number of carbonyl (C=O) groups is 1. The van der Waals surface area contributed by atoms with Crippen LogP contribution < -0.4 is 10.6 Å². The Kier molecular flexibility index (Phi) is 8.26. The van der Waals surface area contributed by atoms with Gasteiger partial charge in [-0.1, -0.05) is 25.1 Å². The lowest BCUT2D eigenvalue weighted by molar-refractivity contribution is 0.0278. The Morgan fingerprint density at radius 1 is 1.27 bits per heavy atom. The second-order valence-corrected chi connectivity index (χ2v) is 8.28. The van der Waals surface area contributed by atoms with E-state index >= 15 is 0 Å². The molecule has 0 aliphatic heterocycles. The quantitative estimate of drug-likeness (QED) is 0.531. The van der Waals surface area contributed by atoms with Crippen LogP contribution in [0.25, 0.3) is 11.5 Å². The van der Waals surface area contributed by atoms with E-state index in [1.165, 1.54) is 0 Å². The number of aromatic nitrogens is 1. The molecule has 30 heavy (non-hydrogen) atoms. The minimum absolute atomic E-state index is 0.206. The molecule has 1 aromatic carbocycles. The predicted molar refractivity (Wildman–Crippen MR) is 118 cm³/mol. The van der Waals surface area contributed by atoms with Gasteiger partial charge in [-0.2, -0.15) is 0 Å². The number of nitrogens with one attached hydrogen (secondary N) is 2. The Morgan fingerprint density at radius 3 is 2.60 bits per heavy atom. The molecule has 0 fully saturated rings. The monoisotopic (exact) mass is 415 g/mol. The van der Waals surface area contributed by atoms with E-state index in [9.17, 15) is 4.79 Å². The molecule has 0 aliphatic carbocycles. The molecule has 1 aromatic heterocycles.